The highest BCUT2D eigenvalue weighted by Crippen LogP contribution is 2.26. The van der Waals surface area contributed by atoms with Crippen molar-refractivity contribution in [3.8, 4) is 0 Å². The Labute approximate surface area is 110 Å². The van der Waals surface area contributed by atoms with Gasteiger partial charge in [-0.25, -0.2) is 4.39 Å². The predicted octanol–water partition coefficient (Wildman–Crippen LogP) is 4.68. The van der Waals surface area contributed by atoms with Crippen LogP contribution in [0.2, 0.25) is 0 Å². The first-order valence-electron chi connectivity index (χ1n) is 6.20. The van der Waals surface area contributed by atoms with Crippen molar-refractivity contribution in [3.63, 3.8) is 0 Å². The highest BCUT2D eigenvalue weighted by molar-refractivity contribution is 9.10. The average Bonchev–Trinajstić information content (AvgIpc) is 2.28. The Morgan fingerprint density at radius 1 is 1.41 bits per heavy atom. The highest BCUT2D eigenvalue weighted by Gasteiger charge is 2.19. The van der Waals surface area contributed by atoms with Crippen LogP contribution in [0.5, 0.6) is 0 Å². The normalized spacial score (nSPS) is 24.9. The van der Waals surface area contributed by atoms with Gasteiger partial charge in [0.25, 0.3) is 0 Å². The maximum absolute atomic E-state index is 13.6. The topological polar surface area (TPSA) is 9.23 Å². The largest absolute Gasteiger partial charge is 0.373 e. The Kier molecular flexibility index (Phi) is 4.57. The summed E-state index contributed by atoms with van der Waals surface area (Å²) in [5, 5.41) is 0. The van der Waals surface area contributed by atoms with Crippen LogP contribution in [0.15, 0.2) is 22.7 Å². The maximum atomic E-state index is 13.6. The second-order valence-corrected chi connectivity index (χ2v) is 5.86. The third-order valence-electron chi connectivity index (χ3n) is 3.38. The number of benzene rings is 1. The molecule has 1 aromatic carbocycles. The minimum Gasteiger partial charge on any atom is -0.373 e. The smallest absolute Gasteiger partial charge is 0.129 e. The fourth-order valence-electron chi connectivity index (χ4n) is 2.38. The molecule has 0 aliphatic heterocycles. The summed E-state index contributed by atoms with van der Waals surface area (Å²) in [7, 11) is 0. The van der Waals surface area contributed by atoms with E-state index in [2.05, 4.69) is 22.9 Å². The summed E-state index contributed by atoms with van der Waals surface area (Å²) in [6.07, 6.45) is 5.06. The summed E-state index contributed by atoms with van der Waals surface area (Å²) in [4.78, 5) is 0. The van der Waals surface area contributed by atoms with Gasteiger partial charge in [0.2, 0.25) is 0 Å². The Hall–Kier alpha value is -0.410. The van der Waals surface area contributed by atoms with Gasteiger partial charge in [-0.3, -0.25) is 0 Å². The van der Waals surface area contributed by atoms with E-state index in [4.69, 9.17) is 4.74 Å². The van der Waals surface area contributed by atoms with Gasteiger partial charge in [-0.2, -0.15) is 0 Å². The molecule has 1 aliphatic carbocycles. The van der Waals surface area contributed by atoms with Crippen LogP contribution in [-0.2, 0) is 11.3 Å². The zero-order chi connectivity index (χ0) is 12.3. The van der Waals surface area contributed by atoms with Crippen LogP contribution < -0.4 is 0 Å². The van der Waals surface area contributed by atoms with Gasteiger partial charge in [0, 0.05) is 10.0 Å². The minimum atomic E-state index is -0.191. The molecule has 1 aromatic rings. The third kappa shape index (κ3) is 3.78. The van der Waals surface area contributed by atoms with Crippen molar-refractivity contribution in [2.75, 3.05) is 0 Å². The SMILES string of the molecule is CC1CCCC(OCc2ccc(Br)cc2F)C1. The van der Waals surface area contributed by atoms with E-state index in [0.29, 0.717) is 18.3 Å². The number of rotatable bonds is 3. The summed E-state index contributed by atoms with van der Waals surface area (Å²) in [5.41, 5.74) is 0.645. The van der Waals surface area contributed by atoms with E-state index in [0.717, 1.165) is 23.2 Å². The van der Waals surface area contributed by atoms with E-state index in [1.807, 2.05) is 6.07 Å². The maximum Gasteiger partial charge on any atom is 0.129 e. The van der Waals surface area contributed by atoms with Gasteiger partial charge in [0.05, 0.1) is 12.7 Å². The van der Waals surface area contributed by atoms with Gasteiger partial charge in [0.15, 0.2) is 0 Å². The van der Waals surface area contributed by atoms with Crippen molar-refractivity contribution in [1.82, 2.24) is 0 Å². The molecule has 1 saturated carbocycles. The lowest BCUT2D eigenvalue weighted by molar-refractivity contribution is 0.00352. The lowest BCUT2D eigenvalue weighted by atomic mass is 9.89. The van der Waals surface area contributed by atoms with Crippen LogP contribution in [0.1, 0.15) is 38.2 Å². The molecule has 1 nitrogen and oxygen atoms in total. The average molecular weight is 301 g/mol. The molecule has 0 spiro atoms. The monoisotopic (exact) mass is 300 g/mol. The van der Waals surface area contributed by atoms with E-state index in [9.17, 15) is 4.39 Å². The fraction of sp³-hybridized carbons (Fsp3) is 0.571. The number of hydrogen-bond acceptors (Lipinski definition) is 1. The lowest BCUT2D eigenvalue weighted by Gasteiger charge is -2.26. The Balaban J connectivity index is 1.88. The molecule has 17 heavy (non-hydrogen) atoms. The van der Waals surface area contributed by atoms with Gasteiger partial charge in [-0.05, 0) is 30.9 Å². The third-order valence-corrected chi connectivity index (χ3v) is 3.87. The Bertz CT molecular complexity index is 380. The van der Waals surface area contributed by atoms with Gasteiger partial charge < -0.3 is 4.74 Å². The van der Waals surface area contributed by atoms with Crippen molar-refractivity contribution >= 4 is 15.9 Å². The van der Waals surface area contributed by atoms with E-state index in [-0.39, 0.29) is 5.82 Å². The molecule has 0 heterocycles. The van der Waals surface area contributed by atoms with Crippen LogP contribution >= 0.6 is 15.9 Å². The van der Waals surface area contributed by atoms with E-state index >= 15 is 0 Å². The van der Waals surface area contributed by atoms with Gasteiger partial charge in [-0.15, -0.1) is 0 Å². The summed E-state index contributed by atoms with van der Waals surface area (Å²) in [6, 6.07) is 5.12. The minimum absolute atomic E-state index is 0.191. The lowest BCUT2D eigenvalue weighted by Crippen LogP contribution is -2.21. The van der Waals surface area contributed by atoms with E-state index in [1.165, 1.54) is 18.9 Å². The molecular weight excluding hydrogens is 283 g/mol. The molecular formula is C14H18BrFO. The first kappa shape index (κ1) is 13.0. The molecule has 0 aromatic heterocycles. The summed E-state index contributed by atoms with van der Waals surface area (Å²) >= 11 is 3.25. The Morgan fingerprint density at radius 2 is 2.24 bits per heavy atom. The van der Waals surface area contributed by atoms with Crippen molar-refractivity contribution in [3.05, 3.63) is 34.1 Å². The standard InChI is InChI=1S/C14H18BrFO/c1-10-3-2-4-13(7-10)17-9-11-5-6-12(15)8-14(11)16/h5-6,8,10,13H,2-4,7,9H2,1H3. The zero-order valence-electron chi connectivity index (χ0n) is 10.1. The summed E-state index contributed by atoms with van der Waals surface area (Å²) in [6.45, 7) is 2.65. The van der Waals surface area contributed by atoms with Gasteiger partial charge >= 0.3 is 0 Å². The van der Waals surface area contributed by atoms with E-state index in [1.54, 1.807) is 6.07 Å². The van der Waals surface area contributed by atoms with Crippen LogP contribution in [0.4, 0.5) is 4.39 Å². The molecule has 2 atom stereocenters. The molecule has 0 N–H and O–H groups in total. The Morgan fingerprint density at radius 3 is 2.94 bits per heavy atom. The van der Waals surface area contributed by atoms with Crippen LogP contribution in [0, 0.1) is 11.7 Å². The molecule has 2 rings (SSSR count). The first-order valence-corrected chi connectivity index (χ1v) is 7.00. The molecule has 0 bridgehead atoms. The summed E-state index contributed by atoms with van der Waals surface area (Å²) in [5.74, 6) is 0.548. The first-order chi connectivity index (χ1) is 8.15. The molecule has 1 fully saturated rings. The number of hydrogen-bond donors (Lipinski definition) is 0. The molecule has 1 aliphatic rings. The van der Waals surface area contributed by atoms with Gasteiger partial charge in [-0.1, -0.05) is 41.8 Å². The fourth-order valence-corrected chi connectivity index (χ4v) is 2.71. The van der Waals surface area contributed by atoms with E-state index < -0.39 is 0 Å². The van der Waals surface area contributed by atoms with Crippen molar-refractivity contribution < 1.29 is 9.13 Å². The second-order valence-electron chi connectivity index (χ2n) is 4.94. The molecule has 94 valence electrons. The molecule has 0 radical (unpaired) electrons. The molecule has 3 heteroatoms. The number of halogens is 2. The van der Waals surface area contributed by atoms with Crippen molar-refractivity contribution in [2.24, 2.45) is 5.92 Å². The summed E-state index contributed by atoms with van der Waals surface area (Å²) < 4.78 is 20.1. The molecule has 2 unspecified atom stereocenters. The predicted molar refractivity (Wildman–Crippen MR) is 70.3 cm³/mol. The van der Waals surface area contributed by atoms with Crippen LogP contribution in [0.25, 0.3) is 0 Å². The van der Waals surface area contributed by atoms with Crippen LogP contribution in [-0.4, -0.2) is 6.10 Å². The molecule has 0 amide bonds. The highest BCUT2D eigenvalue weighted by atomic mass is 79.9. The van der Waals surface area contributed by atoms with Crippen molar-refractivity contribution in [2.45, 2.75) is 45.3 Å². The number of ether oxygens (including phenoxy) is 1. The molecule has 0 saturated heterocycles. The van der Waals surface area contributed by atoms with Crippen LogP contribution in [0.3, 0.4) is 0 Å². The zero-order valence-corrected chi connectivity index (χ0v) is 11.7. The van der Waals surface area contributed by atoms with Gasteiger partial charge in [0.1, 0.15) is 5.82 Å². The second kappa shape index (κ2) is 5.96. The quantitative estimate of drug-likeness (QED) is 0.787. The van der Waals surface area contributed by atoms with Crippen molar-refractivity contribution in [1.29, 1.82) is 0 Å².